The molecule has 1 aromatic carbocycles. The van der Waals surface area contributed by atoms with E-state index in [-0.39, 0.29) is 13.1 Å². The minimum absolute atomic E-state index is 0.0245. The molecule has 11 rings (SSSR count). The average Bonchev–Trinajstić information content (AvgIpc) is 3.01. The second-order valence-corrected chi connectivity index (χ2v) is 20.7. The summed E-state index contributed by atoms with van der Waals surface area (Å²) in [5, 5.41) is 7.91. The summed E-state index contributed by atoms with van der Waals surface area (Å²) in [6.45, 7) is 4.83. The van der Waals surface area contributed by atoms with Crippen molar-refractivity contribution >= 4 is 17.2 Å². The molecule has 10 fully saturated rings. The molecule has 1 aromatic rings. The van der Waals surface area contributed by atoms with Gasteiger partial charge < -0.3 is 10.6 Å². The van der Waals surface area contributed by atoms with E-state index in [0.29, 0.717) is 0 Å². The number of benzene rings is 1. The van der Waals surface area contributed by atoms with Gasteiger partial charge in [0.15, 0.2) is 0 Å². The maximum atomic E-state index is 3.85. The summed E-state index contributed by atoms with van der Waals surface area (Å²) < 4.78 is 0. The second kappa shape index (κ2) is 11.4. The van der Waals surface area contributed by atoms with Crippen LogP contribution in [0.2, 0.25) is 0 Å². The van der Waals surface area contributed by atoms with Crippen LogP contribution in [0.25, 0.3) is 0 Å². The van der Waals surface area contributed by atoms with Crippen molar-refractivity contribution in [3.8, 4) is 0 Å². The third kappa shape index (κ3) is 4.76. The van der Waals surface area contributed by atoms with Crippen molar-refractivity contribution in [2.75, 3.05) is 26.2 Å². The molecule has 2 N–H and O–H groups in total. The van der Waals surface area contributed by atoms with Crippen LogP contribution < -0.4 is 10.6 Å². The van der Waals surface area contributed by atoms with Crippen molar-refractivity contribution in [3.63, 3.8) is 0 Å². The van der Waals surface area contributed by atoms with Crippen molar-refractivity contribution in [2.45, 2.75) is 113 Å². The number of hydrogen-bond acceptors (Lipinski definition) is 2. The van der Waals surface area contributed by atoms with Crippen LogP contribution in [0.5, 0.6) is 0 Å². The number of rotatable bonds is 7. The summed E-state index contributed by atoms with van der Waals surface area (Å²) in [4.78, 5) is 0. The van der Waals surface area contributed by atoms with E-state index in [1.165, 1.54) is 58.0 Å². The lowest BCUT2D eigenvalue weighted by Gasteiger charge is -2.62. The van der Waals surface area contributed by atoms with Crippen LogP contribution >= 0.6 is 17.2 Å². The maximum Gasteiger partial charge on any atom is 0.0180 e. The standard InChI is InChI=1S/C38H58N2P2/c41-38(33-6-3-9-39-21-33,34-7-4-10-40-22-34)35-8-2-1-5-28(35)23-42(36-29-13-24-11-25(15-29)16-30(36)14-24)37-31-17-26-12-27(19-31)20-32(37)18-26/h1-2,5,8,24-27,29-34,36-37,39-40H,3-4,6-7,9-23,41H2. The van der Waals surface area contributed by atoms with Gasteiger partial charge in [-0.1, -0.05) is 32.2 Å². The first-order valence-corrected chi connectivity index (χ1v) is 20.9. The lowest BCUT2D eigenvalue weighted by Crippen LogP contribution is -2.53. The van der Waals surface area contributed by atoms with Gasteiger partial charge in [0.1, 0.15) is 0 Å². The molecular weight excluding hydrogens is 546 g/mol. The largest absolute Gasteiger partial charge is 0.316 e. The Morgan fingerprint density at radius 3 is 1.52 bits per heavy atom. The van der Waals surface area contributed by atoms with E-state index in [4.69, 9.17) is 0 Å². The summed E-state index contributed by atoms with van der Waals surface area (Å²) in [5.41, 5.74) is 5.75. The first kappa shape index (κ1) is 28.2. The summed E-state index contributed by atoms with van der Waals surface area (Å²) in [7, 11) is 3.64. The molecule has 8 bridgehead atoms. The average molecular weight is 605 g/mol. The van der Waals surface area contributed by atoms with Crippen LogP contribution in [0, 0.1) is 59.2 Å². The minimum Gasteiger partial charge on any atom is -0.316 e. The zero-order valence-electron chi connectivity index (χ0n) is 26.2. The van der Waals surface area contributed by atoms with Crippen LogP contribution in [0.15, 0.2) is 24.3 Å². The molecule has 8 saturated carbocycles. The molecular formula is C38H58N2P2. The number of hydrogen-bond donors (Lipinski definition) is 2. The molecule has 2 aliphatic heterocycles. The third-order valence-corrected chi connectivity index (χ3v) is 20.1. The van der Waals surface area contributed by atoms with Crippen LogP contribution in [0.4, 0.5) is 0 Å². The molecule has 4 heteroatoms. The highest BCUT2D eigenvalue weighted by Gasteiger charge is 2.57. The van der Waals surface area contributed by atoms with E-state index in [2.05, 4.69) is 44.1 Å². The fraction of sp³-hybridized carbons (Fsp3) is 0.842. The van der Waals surface area contributed by atoms with Gasteiger partial charge in [-0.3, -0.25) is 0 Å². The van der Waals surface area contributed by atoms with Gasteiger partial charge in [-0.15, -0.1) is 9.24 Å². The van der Waals surface area contributed by atoms with E-state index in [1.807, 2.05) is 0 Å². The fourth-order valence-electron chi connectivity index (χ4n) is 13.9. The van der Waals surface area contributed by atoms with Gasteiger partial charge in [0.05, 0.1) is 0 Å². The van der Waals surface area contributed by atoms with E-state index in [9.17, 15) is 0 Å². The molecule has 0 radical (unpaired) electrons. The minimum atomic E-state index is 0.0245. The van der Waals surface area contributed by atoms with Gasteiger partial charge in [-0.25, -0.2) is 0 Å². The van der Waals surface area contributed by atoms with Crippen molar-refractivity contribution in [2.24, 2.45) is 59.2 Å². The Kier molecular flexibility index (Phi) is 7.64. The molecule has 10 aliphatic rings. The Labute approximate surface area is 260 Å². The summed E-state index contributed by atoms with van der Waals surface area (Å²) >= 11 is 0. The molecule has 3 unspecified atom stereocenters. The van der Waals surface area contributed by atoms with Gasteiger partial charge in [0, 0.05) is 5.16 Å². The summed E-state index contributed by atoms with van der Waals surface area (Å²) in [6.07, 6.45) is 23.0. The molecule has 3 atom stereocenters. The van der Waals surface area contributed by atoms with E-state index >= 15 is 0 Å². The Bertz CT molecular complexity index is 1010. The highest BCUT2D eigenvalue weighted by Crippen LogP contribution is 2.72. The van der Waals surface area contributed by atoms with Crippen molar-refractivity contribution in [3.05, 3.63) is 35.4 Å². The van der Waals surface area contributed by atoms with Gasteiger partial charge in [0.2, 0.25) is 0 Å². The molecule has 0 spiro atoms. The van der Waals surface area contributed by atoms with Crippen LogP contribution in [0.1, 0.15) is 101 Å². The number of nitrogens with one attached hydrogen (secondary N) is 2. The highest BCUT2D eigenvalue weighted by molar-refractivity contribution is 7.58. The lowest BCUT2D eigenvalue weighted by molar-refractivity contribution is 0.0129. The SMILES string of the molecule is PC(c1ccccc1CP(C1C2CC3CC(C2)CC1C3)C1C2CC3CC(C2)CC1C3)(C1CCCNC1)C1CCCNC1. The van der Waals surface area contributed by atoms with E-state index in [1.54, 1.807) is 75.3 Å². The van der Waals surface area contributed by atoms with Crippen LogP contribution in [0.3, 0.4) is 0 Å². The van der Waals surface area contributed by atoms with Gasteiger partial charge in [-0.2, -0.15) is 0 Å². The Morgan fingerprint density at radius 2 is 1.10 bits per heavy atom. The molecule has 2 heterocycles. The Balaban J connectivity index is 1.11. The summed E-state index contributed by atoms with van der Waals surface area (Å²) in [5.74, 6) is 10.2. The molecule has 2 nitrogen and oxygen atoms in total. The smallest absolute Gasteiger partial charge is 0.0180 e. The van der Waals surface area contributed by atoms with Gasteiger partial charge in [0.25, 0.3) is 0 Å². The quantitative estimate of drug-likeness (QED) is 0.306. The third-order valence-electron chi connectivity index (χ3n) is 14.9. The van der Waals surface area contributed by atoms with E-state index < -0.39 is 0 Å². The van der Waals surface area contributed by atoms with Gasteiger partial charge >= 0.3 is 0 Å². The Morgan fingerprint density at radius 1 is 0.643 bits per heavy atom. The van der Waals surface area contributed by atoms with Crippen molar-refractivity contribution < 1.29 is 0 Å². The molecule has 0 amide bonds. The molecule has 42 heavy (non-hydrogen) atoms. The topological polar surface area (TPSA) is 24.1 Å². The highest BCUT2D eigenvalue weighted by atomic mass is 31.1. The van der Waals surface area contributed by atoms with Crippen molar-refractivity contribution in [1.29, 1.82) is 0 Å². The molecule has 8 aliphatic carbocycles. The zero-order chi connectivity index (χ0) is 27.8. The fourth-order valence-corrected chi connectivity index (χ4v) is 19.3. The predicted octanol–water partition coefficient (Wildman–Crippen LogP) is 8.39. The Hall–Kier alpha value is -0.0000000000000000416. The predicted molar refractivity (Wildman–Crippen MR) is 181 cm³/mol. The second-order valence-electron chi connectivity index (χ2n) is 17.2. The normalized spacial score (nSPS) is 47.8. The number of piperidine rings is 2. The van der Waals surface area contributed by atoms with Crippen LogP contribution in [-0.4, -0.2) is 37.5 Å². The van der Waals surface area contributed by atoms with Gasteiger partial charge in [-0.05, 0) is 204 Å². The summed E-state index contributed by atoms with van der Waals surface area (Å²) in [6, 6.07) is 10.1. The lowest BCUT2D eigenvalue weighted by atomic mass is 9.55. The monoisotopic (exact) mass is 604 g/mol. The first-order valence-electron chi connectivity index (χ1n) is 18.7. The van der Waals surface area contributed by atoms with E-state index in [0.717, 1.165) is 70.5 Å². The van der Waals surface area contributed by atoms with Crippen molar-refractivity contribution in [1.82, 2.24) is 10.6 Å². The first-order chi connectivity index (χ1) is 20.6. The maximum absolute atomic E-state index is 3.85. The molecule has 2 saturated heterocycles. The zero-order valence-corrected chi connectivity index (χ0v) is 28.2. The molecule has 0 aromatic heterocycles. The molecule has 230 valence electrons. The van der Waals surface area contributed by atoms with Crippen LogP contribution in [-0.2, 0) is 11.3 Å².